The second-order valence-corrected chi connectivity index (χ2v) is 5.92. The van der Waals surface area contributed by atoms with E-state index in [0.717, 1.165) is 25.8 Å². The third-order valence-electron chi connectivity index (χ3n) is 2.92. The number of alkyl carbamates (subject to hydrolysis) is 1. The largest absolute Gasteiger partial charge is 0.480 e. The highest BCUT2D eigenvalue weighted by molar-refractivity contribution is 5.80. The number of piperidine rings is 1. The predicted octanol–water partition coefficient (Wildman–Crippen LogP) is 1.50. The molecule has 6 heteroatoms. The molecular weight excluding hydrogens is 248 g/mol. The summed E-state index contributed by atoms with van der Waals surface area (Å²) < 4.78 is 5.07. The molecule has 0 aliphatic carbocycles. The third kappa shape index (κ3) is 6.42. The molecule has 2 atom stereocenters. The summed E-state index contributed by atoms with van der Waals surface area (Å²) in [5, 5.41) is 14.8. The first-order valence-electron chi connectivity index (χ1n) is 6.73. The number of amides is 1. The highest BCUT2D eigenvalue weighted by Crippen LogP contribution is 2.13. The molecule has 0 aromatic heterocycles. The van der Waals surface area contributed by atoms with Gasteiger partial charge >= 0.3 is 12.1 Å². The van der Waals surface area contributed by atoms with Crippen LogP contribution in [0.15, 0.2) is 0 Å². The second-order valence-electron chi connectivity index (χ2n) is 5.92. The van der Waals surface area contributed by atoms with Gasteiger partial charge in [0.1, 0.15) is 11.6 Å². The molecule has 1 amide bonds. The van der Waals surface area contributed by atoms with Crippen LogP contribution in [0.5, 0.6) is 0 Å². The van der Waals surface area contributed by atoms with Gasteiger partial charge in [-0.2, -0.15) is 0 Å². The minimum absolute atomic E-state index is 0.143. The van der Waals surface area contributed by atoms with Gasteiger partial charge in [0.2, 0.25) is 0 Å². The number of hydrogen-bond acceptors (Lipinski definition) is 4. The van der Waals surface area contributed by atoms with E-state index in [0.29, 0.717) is 6.42 Å². The lowest BCUT2D eigenvalue weighted by atomic mass is 9.98. The molecule has 1 saturated heterocycles. The fourth-order valence-electron chi connectivity index (χ4n) is 2.08. The number of carboxylic acids is 1. The second kappa shape index (κ2) is 6.75. The molecule has 3 N–H and O–H groups in total. The van der Waals surface area contributed by atoms with Crippen molar-refractivity contribution >= 4 is 12.1 Å². The SMILES string of the molecule is CC(C)(C)OC(=O)NC(CC1CCCCN1)C(=O)O. The van der Waals surface area contributed by atoms with Crippen LogP contribution in [0.1, 0.15) is 46.5 Å². The van der Waals surface area contributed by atoms with E-state index in [4.69, 9.17) is 9.84 Å². The molecule has 0 aromatic carbocycles. The first kappa shape index (κ1) is 15.8. The number of nitrogens with one attached hydrogen (secondary N) is 2. The summed E-state index contributed by atoms with van der Waals surface area (Å²) in [4.78, 5) is 22.8. The minimum Gasteiger partial charge on any atom is -0.480 e. The Morgan fingerprint density at radius 3 is 2.58 bits per heavy atom. The molecule has 2 unspecified atom stereocenters. The van der Waals surface area contributed by atoms with Crippen molar-refractivity contribution in [1.82, 2.24) is 10.6 Å². The zero-order valence-electron chi connectivity index (χ0n) is 11.9. The Morgan fingerprint density at radius 1 is 1.42 bits per heavy atom. The van der Waals surface area contributed by atoms with Gasteiger partial charge in [0.05, 0.1) is 0 Å². The minimum atomic E-state index is -1.03. The van der Waals surface area contributed by atoms with Gasteiger partial charge in [0.15, 0.2) is 0 Å². The maximum Gasteiger partial charge on any atom is 0.408 e. The summed E-state index contributed by atoms with van der Waals surface area (Å²) in [6.45, 7) is 6.13. The molecule has 0 spiro atoms. The van der Waals surface area contributed by atoms with Crippen molar-refractivity contribution in [3.63, 3.8) is 0 Å². The van der Waals surface area contributed by atoms with Crippen LogP contribution < -0.4 is 10.6 Å². The van der Waals surface area contributed by atoms with Crippen molar-refractivity contribution in [2.45, 2.75) is 64.1 Å². The molecule has 1 fully saturated rings. The third-order valence-corrected chi connectivity index (χ3v) is 2.92. The zero-order chi connectivity index (χ0) is 14.5. The summed E-state index contributed by atoms with van der Waals surface area (Å²) in [6, 6.07) is -0.768. The van der Waals surface area contributed by atoms with Gasteiger partial charge in [-0.15, -0.1) is 0 Å². The molecule has 1 heterocycles. The standard InChI is InChI=1S/C13H24N2O4/c1-13(2,3)19-12(18)15-10(11(16)17)8-9-6-4-5-7-14-9/h9-10,14H,4-8H2,1-3H3,(H,15,18)(H,16,17). The van der Waals surface area contributed by atoms with Crippen molar-refractivity contribution in [3.05, 3.63) is 0 Å². The predicted molar refractivity (Wildman–Crippen MR) is 71.1 cm³/mol. The number of carbonyl (C=O) groups excluding carboxylic acids is 1. The zero-order valence-corrected chi connectivity index (χ0v) is 11.9. The topological polar surface area (TPSA) is 87.7 Å². The number of rotatable bonds is 4. The van der Waals surface area contributed by atoms with Crippen LogP contribution in [0, 0.1) is 0 Å². The van der Waals surface area contributed by atoms with Crippen LogP contribution >= 0.6 is 0 Å². The Labute approximate surface area is 113 Å². The van der Waals surface area contributed by atoms with Crippen molar-refractivity contribution < 1.29 is 19.4 Å². The Morgan fingerprint density at radius 2 is 2.11 bits per heavy atom. The molecular formula is C13H24N2O4. The monoisotopic (exact) mass is 272 g/mol. The van der Waals surface area contributed by atoms with E-state index in [1.807, 2.05) is 0 Å². The smallest absolute Gasteiger partial charge is 0.408 e. The van der Waals surface area contributed by atoms with Crippen LogP contribution in [0.4, 0.5) is 4.79 Å². The van der Waals surface area contributed by atoms with E-state index < -0.39 is 23.7 Å². The highest BCUT2D eigenvalue weighted by Gasteiger charge is 2.27. The molecule has 0 saturated carbocycles. The van der Waals surface area contributed by atoms with Crippen LogP contribution in [0.2, 0.25) is 0 Å². The lowest BCUT2D eigenvalue weighted by Gasteiger charge is -2.27. The summed E-state index contributed by atoms with van der Waals surface area (Å²) >= 11 is 0. The maximum atomic E-state index is 11.6. The average Bonchev–Trinajstić information content (AvgIpc) is 2.26. The number of hydrogen-bond donors (Lipinski definition) is 3. The van der Waals surface area contributed by atoms with E-state index in [1.165, 1.54) is 0 Å². The van der Waals surface area contributed by atoms with Crippen LogP contribution in [-0.4, -0.2) is 41.4 Å². The first-order chi connectivity index (χ1) is 8.78. The van der Waals surface area contributed by atoms with E-state index in [9.17, 15) is 9.59 Å². The lowest BCUT2D eigenvalue weighted by molar-refractivity contribution is -0.139. The normalized spacial score (nSPS) is 21.5. The summed E-state index contributed by atoms with van der Waals surface area (Å²) in [7, 11) is 0. The molecule has 6 nitrogen and oxygen atoms in total. The van der Waals surface area contributed by atoms with Gasteiger partial charge in [-0.3, -0.25) is 0 Å². The number of aliphatic carboxylic acids is 1. The summed E-state index contributed by atoms with van der Waals surface area (Å²) in [5.74, 6) is -1.03. The van der Waals surface area contributed by atoms with E-state index in [-0.39, 0.29) is 6.04 Å². The van der Waals surface area contributed by atoms with Gasteiger partial charge in [0, 0.05) is 6.04 Å². The maximum absolute atomic E-state index is 11.6. The van der Waals surface area contributed by atoms with Crippen molar-refractivity contribution in [2.24, 2.45) is 0 Å². The van der Waals surface area contributed by atoms with E-state index in [2.05, 4.69) is 10.6 Å². The molecule has 1 aliphatic rings. The molecule has 110 valence electrons. The van der Waals surface area contributed by atoms with Gasteiger partial charge in [-0.1, -0.05) is 6.42 Å². The summed E-state index contributed by atoms with van der Waals surface area (Å²) in [5.41, 5.74) is -0.629. The quantitative estimate of drug-likeness (QED) is 0.722. The summed E-state index contributed by atoms with van der Waals surface area (Å²) in [6.07, 6.45) is 2.86. The molecule has 1 rings (SSSR count). The molecule has 0 radical (unpaired) electrons. The van der Waals surface area contributed by atoms with Gasteiger partial charge < -0.3 is 20.5 Å². The molecule has 1 aliphatic heterocycles. The Hall–Kier alpha value is -1.30. The number of carboxylic acid groups (broad SMARTS) is 1. The molecule has 19 heavy (non-hydrogen) atoms. The first-order valence-corrected chi connectivity index (χ1v) is 6.73. The van der Waals surface area contributed by atoms with Crippen LogP contribution in [0.3, 0.4) is 0 Å². The number of ether oxygens (including phenoxy) is 1. The van der Waals surface area contributed by atoms with Crippen LogP contribution in [0.25, 0.3) is 0 Å². The van der Waals surface area contributed by atoms with Gasteiger partial charge in [0.25, 0.3) is 0 Å². The molecule has 0 aromatic rings. The average molecular weight is 272 g/mol. The fourth-order valence-corrected chi connectivity index (χ4v) is 2.08. The Bertz CT molecular complexity index is 319. The van der Waals surface area contributed by atoms with Crippen LogP contribution in [-0.2, 0) is 9.53 Å². The van der Waals surface area contributed by atoms with Gasteiger partial charge in [-0.05, 0) is 46.6 Å². The van der Waals surface area contributed by atoms with Gasteiger partial charge in [-0.25, -0.2) is 9.59 Å². The Balaban J connectivity index is 2.48. The highest BCUT2D eigenvalue weighted by atomic mass is 16.6. The fraction of sp³-hybridized carbons (Fsp3) is 0.846. The Kier molecular flexibility index (Phi) is 5.60. The molecule has 0 bridgehead atoms. The lowest BCUT2D eigenvalue weighted by Crippen LogP contribution is -2.48. The van der Waals surface area contributed by atoms with E-state index in [1.54, 1.807) is 20.8 Å². The number of carbonyl (C=O) groups is 2. The van der Waals surface area contributed by atoms with E-state index >= 15 is 0 Å². The van der Waals surface area contributed by atoms with Crippen molar-refractivity contribution in [3.8, 4) is 0 Å². The van der Waals surface area contributed by atoms with Crippen molar-refractivity contribution in [1.29, 1.82) is 0 Å². The van der Waals surface area contributed by atoms with Crippen molar-refractivity contribution in [2.75, 3.05) is 6.54 Å².